The summed E-state index contributed by atoms with van der Waals surface area (Å²) in [5.74, 6) is -3.39. The van der Waals surface area contributed by atoms with Gasteiger partial charge in [-0.05, 0) is 20.3 Å². The highest BCUT2D eigenvalue weighted by Gasteiger charge is 2.28. The molecule has 1 heterocycles. The number of aryl methyl sites for hydroxylation is 2. The van der Waals surface area contributed by atoms with E-state index >= 15 is 0 Å². The van der Waals surface area contributed by atoms with Gasteiger partial charge in [-0.1, -0.05) is 6.92 Å². The predicted molar refractivity (Wildman–Crippen MR) is 85.4 cm³/mol. The predicted octanol–water partition coefficient (Wildman–Crippen LogP) is 2.10. The van der Waals surface area contributed by atoms with Gasteiger partial charge in [0.1, 0.15) is 0 Å². The highest BCUT2D eigenvalue weighted by molar-refractivity contribution is 5.68. The SMILES string of the molecule is CCC(=O)OCCCC(F)(F)CCn1cc(C)c(=O)n(CC)c1=O. The van der Waals surface area contributed by atoms with E-state index in [-0.39, 0.29) is 32.5 Å². The second-order valence-corrected chi connectivity index (χ2v) is 5.62. The molecule has 6 nitrogen and oxygen atoms in total. The van der Waals surface area contributed by atoms with Crippen LogP contribution in [0.2, 0.25) is 0 Å². The van der Waals surface area contributed by atoms with Crippen molar-refractivity contribution in [2.45, 2.75) is 65.5 Å². The molecule has 1 rings (SSSR count). The van der Waals surface area contributed by atoms with Crippen LogP contribution in [-0.2, 0) is 22.6 Å². The second-order valence-electron chi connectivity index (χ2n) is 5.62. The Morgan fingerprint density at radius 2 is 1.92 bits per heavy atom. The Morgan fingerprint density at radius 3 is 2.50 bits per heavy atom. The highest BCUT2D eigenvalue weighted by atomic mass is 19.3. The molecule has 0 fully saturated rings. The Balaban J connectivity index is 2.65. The smallest absolute Gasteiger partial charge is 0.330 e. The summed E-state index contributed by atoms with van der Waals surface area (Å²) in [7, 11) is 0. The topological polar surface area (TPSA) is 70.3 Å². The van der Waals surface area contributed by atoms with Gasteiger partial charge in [-0.3, -0.25) is 18.7 Å². The second kappa shape index (κ2) is 8.75. The average Bonchev–Trinajstić information content (AvgIpc) is 2.54. The molecule has 0 aliphatic rings. The first-order valence-corrected chi connectivity index (χ1v) is 8.06. The monoisotopic (exact) mass is 346 g/mol. The minimum Gasteiger partial charge on any atom is -0.466 e. The van der Waals surface area contributed by atoms with Gasteiger partial charge in [-0.2, -0.15) is 0 Å². The molecule has 0 aliphatic heterocycles. The third-order valence-corrected chi connectivity index (χ3v) is 3.68. The van der Waals surface area contributed by atoms with Gasteiger partial charge in [-0.15, -0.1) is 0 Å². The van der Waals surface area contributed by atoms with E-state index in [4.69, 9.17) is 4.74 Å². The van der Waals surface area contributed by atoms with E-state index < -0.39 is 36.0 Å². The maximum Gasteiger partial charge on any atom is 0.330 e. The zero-order valence-electron chi connectivity index (χ0n) is 14.3. The molecule has 0 saturated carbocycles. The molecule has 0 atom stereocenters. The largest absolute Gasteiger partial charge is 0.466 e. The molecule has 1 aromatic rings. The fourth-order valence-electron chi connectivity index (χ4n) is 2.27. The Bertz CT molecular complexity index is 680. The molecule has 0 amide bonds. The number of nitrogens with zero attached hydrogens (tertiary/aromatic N) is 2. The van der Waals surface area contributed by atoms with Crippen LogP contribution in [0, 0.1) is 6.92 Å². The molecule has 0 aliphatic carbocycles. The minimum absolute atomic E-state index is 0.0396. The van der Waals surface area contributed by atoms with E-state index in [0.717, 1.165) is 9.13 Å². The molecular formula is C16H24F2N2O4. The standard InChI is InChI=1S/C16H24F2N2O4/c1-4-13(21)24-10-6-7-16(17,18)8-9-19-11-12(3)14(22)20(5-2)15(19)23/h11H,4-10H2,1-3H3. The van der Waals surface area contributed by atoms with Crippen molar-refractivity contribution in [1.29, 1.82) is 0 Å². The maximum atomic E-state index is 13.9. The average molecular weight is 346 g/mol. The number of esters is 1. The van der Waals surface area contributed by atoms with E-state index in [1.165, 1.54) is 6.20 Å². The molecule has 0 N–H and O–H groups in total. The van der Waals surface area contributed by atoms with Gasteiger partial charge in [0.2, 0.25) is 5.92 Å². The summed E-state index contributed by atoms with van der Waals surface area (Å²) < 4.78 is 34.7. The van der Waals surface area contributed by atoms with Crippen LogP contribution in [0.1, 0.15) is 45.1 Å². The Morgan fingerprint density at radius 1 is 1.25 bits per heavy atom. The van der Waals surface area contributed by atoms with Gasteiger partial charge in [0.25, 0.3) is 5.56 Å². The number of ether oxygens (including phenoxy) is 1. The lowest BCUT2D eigenvalue weighted by molar-refractivity contribution is -0.144. The number of aromatic nitrogens is 2. The van der Waals surface area contributed by atoms with Gasteiger partial charge in [-0.25, -0.2) is 13.6 Å². The van der Waals surface area contributed by atoms with Crippen LogP contribution in [0.15, 0.2) is 15.8 Å². The highest BCUT2D eigenvalue weighted by Crippen LogP contribution is 2.25. The fourth-order valence-corrected chi connectivity index (χ4v) is 2.27. The van der Waals surface area contributed by atoms with Crippen molar-refractivity contribution in [3.63, 3.8) is 0 Å². The summed E-state index contributed by atoms with van der Waals surface area (Å²) in [5, 5.41) is 0. The molecule has 0 bridgehead atoms. The summed E-state index contributed by atoms with van der Waals surface area (Å²) in [6, 6.07) is 0. The summed E-state index contributed by atoms with van der Waals surface area (Å²) >= 11 is 0. The molecular weight excluding hydrogens is 322 g/mol. The van der Waals surface area contributed by atoms with Crippen LogP contribution in [-0.4, -0.2) is 27.6 Å². The number of alkyl halides is 2. The first-order valence-electron chi connectivity index (χ1n) is 8.06. The van der Waals surface area contributed by atoms with Crippen LogP contribution < -0.4 is 11.2 Å². The first kappa shape index (κ1) is 20.1. The number of hydrogen-bond donors (Lipinski definition) is 0. The number of halogens is 2. The number of hydrogen-bond acceptors (Lipinski definition) is 4. The number of rotatable bonds is 9. The Kier molecular flexibility index (Phi) is 7.31. The van der Waals surface area contributed by atoms with Gasteiger partial charge in [0.15, 0.2) is 0 Å². The van der Waals surface area contributed by atoms with Gasteiger partial charge in [0.05, 0.1) is 6.61 Å². The van der Waals surface area contributed by atoms with Crippen molar-refractivity contribution in [2.24, 2.45) is 0 Å². The summed E-state index contributed by atoms with van der Waals surface area (Å²) in [6.07, 6.45) is 0.643. The van der Waals surface area contributed by atoms with Gasteiger partial charge < -0.3 is 4.74 Å². The van der Waals surface area contributed by atoms with Crippen molar-refractivity contribution in [2.75, 3.05) is 6.61 Å². The fraction of sp³-hybridized carbons (Fsp3) is 0.688. The summed E-state index contributed by atoms with van der Waals surface area (Å²) in [4.78, 5) is 34.8. The molecule has 24 heavy (non-hydrogen) atoms. The zero-order chi connectivity index (χ0) is 18.3. The van der Waals surface area contributed by atoms with Crippen molar-refractivity contribution < 1.29 is 18.3 Å². The minimum atomic E-state index is -2.97. The molecule has 1 aromatic heterocycles. The Hall–Kier alpha value is -1.99. The molecule has 136 valence electrons. The van der Waals surface area contributed by atoms with Gasteiger partial charge >= 0.3 is 11.7 Å². The van der Waals surface area contributed by atoms with E-state index in [1.54, 1.807) is 20.8 Å². The van der Waals surface area contributed by atoms with E-state index in [1.807, 2.05) is 0 Å². The number of carbonyl (C=O) groups excluding carboxylic acids is 1. The lowest BCUT2D eigenvalue weighted by Gasteiger charge is -2.17. The van der Waals surface area contributed by atoms with Crippen molar-refractivity contribution in [3.05, 3.63) is 32.6 Å². The first-order chi connectivity index (χ1) is 11.2. The molecule has 8 heteroatoms. The lowest BCUT2D eigenvalue weighted by atomic mass is 10.1. The van der Waals surface area contributed by atoms with E-state index in [2.05, 4.69) is 0 Å². The maximum absolute atomic E-state index is 13.9. The van der Waals surface area contributed by atoms with Crippen LogP contribution >= 0.6 is 0 Å². The Labute approximate surface area is 139 Å². The van der Waals surface area contributed by atoms with Crippen LogP contribution in [0.25, 0.3) is 0 Å². The molecule has 0 saturated heterocycles. The zero-order valence-corrected chi connectivity index (χ0v) is 14.3. The normalized spacial score (nSPS) is 11.5. The van der Waals surface area contributed by atoms with Crippen LogP contribution in [0.5, 0.6) is 0 Å². The quantitative estimate of drug-likeness (QED) is 0.507. The summed E-state index contributed by atoms with van der Waals surface area (Å²) in [6.45, 7) is 4.80. The number of carbonyl (C=O) groups is 1. The van der Waals surface area contributed by atoms with E-state index in [0.29, 0.717) is 5.56 Å². The van der Waals surface area contributed by atoms with Crippen molar-refractivity contribution >= 4 is 5.97 Å². The van der Waals surface area contributed by atoms with Gasteiger partial charge in [0, 0.05) is 44.1 Å². The van der Waals surface area contributed by atoms with E-state index in [9.17, 15) is 23.2 Å². The van der Waals surface area contributed by atoms with Crippen LogP contribution in [0.4, 0.5) is 8.78 Å². The van der Waals surface area contributed by atoms with Crippen molar-refractivity contribution in [1.82, 2.24) is 9.13 Å². The molecule has 0 spiro atoms. The summed E-state index contributed by atoms with van der Waals surface area (Å²) in [5.41, 5.74) is -0.643. The molecule has 0 radical (unpaired) electrons. The van der Waals surface area contributed by atoms with Crippen LogP contribution in [0.3, 0.4) is 0 Å². The lowest BCUT2D eigenvalue weighted by Crippen LogP contribution is -2.40. The molecule has 0 aromatic carbocycles. The molecule has 0 unspecified atom stereocenters. The van der Waals surface area contributed by atoms with Crippen molar-refractivity contribution in [3.8, 4) is 0 Å². The third kappa shape index (κ3) is 5.58. The third-order valence-electron chi connectivity index (χ3n) is 3.68.